The fourth-order valence-corrected chi connectivity index (χ4v) is 0.797. The molecule has 0 saturated carbocycles. The molecule has 0 bridgehead atoms. The minimum atomic E-state index is -0.0399. The van der Waals surface area contributed by atoms with Crippen molar-refractivity contribution in [2.75, 3.05) is 6.54 Å². The first kappa shape index (κ1) is 11.4. The van der Waals surface area contributed by atoms with E-state index in [2.05, 4.69) is 19.2 Å². The summed E-state index contributed by atoms with van der Waals surface area (Å²) in [6, 6.07) is -0.0399. The van der Waals surface area contributed by atoms with E-state index in [0.29, 0.717) is 12.3 Å². The van der Waals surface area contributed by atoms with Gasteiger partial charge in [0.25, 0.3) is 0 Å². The third kappa shape index (κ3) is 6.16. The van der Waals surface area contributed by atoms with E-state index < -0.39 is 0 Å². The van der Waals surface area contributed by atoms with Crippen LogP contribution in [0, 0.1) is 5.92 Å². The smallest absolute Gasteiger partial charge is 0.221 e. The number of amides is 1. The van der Waals surface area contributed by atoms with Crippen molar-refractivity contribution < 1.29 is 4.79 Å². The van der Waals surface area contributed by atoms with Crippen molar-refractivity contribution in [1.29, 1.82) is 0 Å². The van der Waals surface area contributed by atoms with Gasteiger partial charge < -0.3 is 11.1 Å². The third-order valence-electron chi connectivity index (χ3n) is 1.85. The van der Waals surface area contributed by atoms with Gasteiger partial charge in [0, 0.05) is 19.0 Å². The second-order valence-corrected chi connectivity index (χ2v) is 3.50. The molecule has 0 fully saturated rings. The molecule has 0 aliphatic rings. The van der Waals surface area contributed by atoms with Crippen molar-refractivity contribution in [1.82, 2.24) is 5.32 Å². The first-order valence-corrected chi connectivity index (χ1v) is 4.58. The minimum absolute atomic E-state index is 0.0399. The summed E-state index contributed by atoms with van der Waals surface area (Å²) in [4.78, 5) is 11.1. The standard InChI is InChI=1S/C9H20N2O/c1-4-7(2)6-11-9(12)5-8(3)10/h7-8H,4-6,10H2,1-3H3,(H,11,12). The maximum atomic E-state index is 11.1. The van der Waals surface area contributed by atoms with Crippen molar-refractivity contribution >= 4 is 5.91 Å². The molecule has 2 atom stereocenters. The Morgan fingerprint density at radius 2 is 2.08 bits per heavy atom. The van der Waals surface area contributed by atoms with E-state index in [-0.39, 0.29) is 11.9 Å². The molecule has 0 saturated heterocycles. The lowest BCUT2D eigenvalue weighted by molar-refractivity contribution is -0.121. The zero-order chi connectivity index (χ0) is 9.56. The second kappa shape index (κ2) is 6.00. The van der Waals surface area contributed by atoms with E-state index in [4.69, 9.17) is 5.73 Å². The van der Waals surface area contributed by atoms with E-state index in [9.17, 15) is 4.79 Å². The van der Waals surface area contributed by atoms with Gasteiger partial charge in [-0.25, -0.2) is 0 Å². The highest BCUT2D eigenvalue weighted by molar-refractivity contribution is 5.76. The zero-order valence-corrected chi connectivity index (χ0v) is 8.26. The molecule has 0 aliphatic heterocycles. The molecular weight excluding hydrogens is 152 g/mol. The Morgan fingerprint density at radius 1 is 1.50 bits per heavy atom. The monoisotopic (exact) mass is 172 g/mol. The SMILES string of the molecule is CCC(C)CNC(=O)CC(C)N. The van der Waals surface area contributed by atoms with Gasteiger partial charge in [0.15, 0.2) is 0 Å². The van der Waals surface area contributed by atoms with Crippen molar-refractivity contribution in [2.24, 2.45) is 11.7 Å². The van der Waals surface area contributed by atoms with E-state index in [0.717, 1.165) is 13.0 Å². The molecule has 0 aromatic heterocycles. The molecule has 0 radical (unpaired) electrons. The summed E-state index contributed by atoms with van der Waals surface area (Å²) in [6.07, 6.45) is 1.52. The van der Waals surface area contributed by atoms with Gasteiger partial charge in [0.2, 0.25) is 5.91 Å². The molecule has 2 unspecified atom stereocenters. The van der Waals surface area contributed by atoms with Gasteiger partial charge in [-0.05, 0) is 12.8 Å². The Hall–Kier alpha value is -0.570. The van der Waals surface area contributed by atoms with E-state index >= 15 is 0 Å². The molecule has 0 aliphatic carbocycles. The van der Waals surface area contributed by atoms with Crippen LogP contribution < -0.4 is 11.1 Å². The summed E-state index contributed by atoms with van der Waals surface area (Å²) in [5, 5.41) is 2.85. The molecule has 0 aromatic carbocycles. The molecule has 0 aromatic rings. The number of carbonyl (C=O) groups is 1. The average Bonchev–Trinajstić information content (AvgIpc) is 1.99. The molecule has 1 amide bonds. The van der Waals surface area contributed by atoms with Crippen LogP contribution in [0.2, 0.25) is 0 Å². The first-order valence-electron chi connectivity index (χ1n) is 4.58. The third-order valence-corrected chi connectivity index (χ3v) is 1.85. The lowest BCUT2D eigenvalue weighted by Gasteiger charge is -2.10. The van der Waals surface area contributed by atoms with Gasteiger partial charge in [0.05, 0.1) is 0 Å². The normalized spacial score (nSPS) is 15.3. The van der Waals surface area contributed by atoms with Crippen molar-refractivity contribution in [3.8, 4) is 0 Å². The number of rotatable bonds is 5. The molecule has 0 heterocycles. The molecule has 72 valence electrons. The Kier molecular flexibility index (Phi) is 5.72. The Morgan fingerprint density at radius 3 is 2.50 bits per heavy atom. The highest BCUT2D eigenvalue weighted by Crippen LogP contribution is 1.97. The van der Waals surface area contributed by atoms with Crippen LogP contribution in [0.3, 0.4) is 0 Å². The van der Waals surface area contributed by atoms with E-state index in [1.807, 2.05) is 6.92 Å². The maximum Gasteiger partial charge on any atom is 0.221 e. The first-order chi connectivity index (χ1) is 5.56. The van der Waals surface area contributed by atoms with Crippen LogP contribution >= 0.6 is 0 Å². The van der Waals surface area contributed by atoms with Gasteiger partial charge in [0.1, 0.15) is 0 Å². The summed E-state index contributed by atoms with van der Waals surface area (Å²) in [5.41, 5.74) is 5.47. The summed E-state index contributed by atoms with van der Waals surface area (Å²) in [7, 11) is 0. The fraction of sp³-hybridized carbons (Fsp3) is 0.889. The maximum absolute atomic E-state index is 11.1. The Balaban J connectivity index is 3.44. The van der Waals surface area contributed by atoms with Crippen molar-refractivity contribution in [3.05, 3.63) is 0 Å². The average molecular weight is 172 g/mol. The van der Waals surface area contributed by atoms with Crippen LogP contribution in [0.15, 0.2) is 0 Å². The van der Waals surface area contributed by atoms with Crippen molar-refractivity contribution in [3.63, 3.8) is 0 Å². The number of hydrogen-bond donors (Lipinski definition) is 2. The number of nitrogens with one attached hydrogen (secondary N) is 1. The number of carbonyl (C=O) groups excluding carboxylic acids is 1. The van der Waals surface area contributed by atoms with Gasteiger partial charge >= 0.3 is 0 Å². The molecule has 12 heavy (non-hydrogen) atoms. The molecule has 0 rings (SSSR count). The fourth-order valence-electron chi connectivity index (χ4n) is 0.797. The highest BCUT2D eigenvalue weighted by Gasteiger charge is 2.05. The molecular formula is C9H20N2O. The van der Waals surface area contributed by atoms with Gasteiger partial charge in [-0.2, -0.15) is 0 Å². The van der Waals surface area contributed by atoms with Crippen LogP contribution in [-0.4, -0.2) is 18.5 Å². The topological polar surface area (TPSA) is 55.1 Å². The lowest BCUT2D eigenvalue weighted by Crippen LogP contribution is -2.32. The molecule has 3 nitrogen and oxygen atoms in total. The lowest BCUT2D eigenvalue weighted by atomic mass is 10.1. The van der Waals surface area contributed by atoms with Crippen LogP contribution in [0.5, 0.6) is 0 Å². The largest absolute Gasteiger partial charge is 0.356 e. The van der Waals surface area contributed by atoms with Crippen LogP contribution in [0.1, 0.15) is 33.6 Å². The quantitative estimate of drug-likeness (QED) is 0.647. The minimum Gasteiger partial charge on any atom is -0.356 e. The Labute approximate surface area is 74.7 Å². The molecule has 3 N–H and O–H groups in total. The predicted molar refractivity (Wildman–Crippen MR) is 50.7 cm³/mol. The summed E-state index contributed by atoms with van der Waals surface area (Å²) < 4.78 is 0. The van der Waals surface area contributed by atoms with Crippen molar-refractivity contribution in [2.45, 2.75) is 39.7 Å². The number of nitrogens with two attached hydrogens (primary N) is 1. The summed E-state index contributed by atoms with van der Waals surface area (Å²) in [5.74, 6) is 0.618. The van der Waals surface area contributed by atoms with Gasteiger partial charge in [-0.1, -0.05) is 20.3 Å². The van der Waals surface area contributed by atoms with Gasteiger partial charge in [-0.3, -0.25) is 4.79 Å². The Bertz CT molecular complexity index is 134. The summed E-state index contributed by atoms with van der Waals surface area (Å²) >= 11 is 0. The van der Waals surface area contributed by atoms with Crippen LogP contribution in [0.4, 0.5) is 0 Å². The number of hydrogen-bond acceptors (Lipinski definition) is 2. The predicted octanol–water partition coefficient (Wildman–Crippen LogP) is 0.886. The van der Waals surface area contributed by atoms with Crippen LogP contribution in [0.25, 0.3) is 0 Å². The molecule has 3 heteroatoms. The zero-order valence-electron chi connectivity index (χ0n) is 8.26. The van der Waals surface area contributed by atoms with E-state index in [1.165, 1.54) is 0 Å². The molecule has 0 spiro atoms. The summed E-state index contributed by atoms with van der Waals surface area (Å²) in [6.45, 7) is 6.83. The van der Waals surface area contributed by atoms with Gasteiger partial charge in [-0.15, -0.1) is 0 Å². The second-order valence-electron chi connectivity index (χ2n) is 3.50. The van der Waals surface area contributed by atoms with E-state index in [1.54, 1.807) is 0 Å². The highest BCUT2D eigenvalue weighted by atomic mass is 16.1. The van der Waals surface area contributed by atoms with Crippen LogP contribution in [-0.2, 0) is 4.79 Å².